The average molecular weight is 200 g/mol. The van der Waals surface area contributed by atoms with E-state index in [1.165, 1.54) is 5.56 Å². The third-order valence-electron chi connectivity index (χ3n) is 2.29. The van der Waals surface area contributed by atoms with Gasteiger partial charge in [0.1, 0.15) is 5.69 Å². The monoisotopic (exact) mass is 200 g/mol. The maximum Gasteiger partial charge on any atom is 0.194 e. The molecule has 2 rings (SSSR count). The SMILES string of the molecule is Nc1cc[n+](Cc2ccccc2)cc1N. The minimum Gasteiger partial charge on any atom is -0.397 e. The molecule has 0 radical (unpaired) electrons. The molecule has 3 heteroatoms. The lowest BCUT2D eigenvalue weighted by molar-refractivity contribution is -0.687. The number of hydrogen-bond donors (Lipinski definition) is 2. The molecule has 2 aromatic rings. The number of nitrogens with two attached hydrogens (primary N) is 2. The van der Waals surface area contributed by atoms with Crippen molar-refractivity contribution in [1.29, 1.82) is 0 Å². The zero-order valence-electron chi connectivity index (χ0n) is 8.43. The molecular formula is C12H14N3+. The van der Waals surface area contributed by atoms with Crippen LogP contribution in [0.15, 0.2) is 48.8 Å². The van der Waals surface area contributed by atoms with Crippen molar-refractivity contribution >= 4 is 11.4 Å². The number of pyridine rings is 1. The Morgan fingerprint density at radius 2 is 1.67 bits per heavy atom. The Labute approximate surface area is 89.0 Å². The second-order valence-electron chi connectivity index (χ2n) is 3.51. The van der Waals surface area contributed by atoms with E-state index in [-0.39, 0.29) is 0 Å². The van der Waals surface area contributed by atoms with Crippen molar-refractivity contribution in [3.05, 3.63) is 54.4 Å². The molecule has 76 valence electrons. The van der Waals surface area contributed by atoms with Crippen LogP contribution in [0.5, 0.6) is 0 Å². The van der Waals surface area contributed by atoms with Crippen LogP contribution in [0.3, 0.4) is 0 Å². The summed E-state index contributed by atoms with van der Waals surface area (Å²) in [6, 6.07) is 12.0. The Morgan fingerprint density at radius 1 is 0.933 bits per heavy atom. The molecule has 0 atom stereocenters. The fourth-order valence-corrected chi connectivity index (χ4v) is 1.46. The van der Waals surface area contributed by atoms with Crippen LogP contribution in [0.2, 0.25) is 0 Å². The van der Waals surface area contributed by atoms with E-state index in [9.17, 15) is 0 Å². The minimum absolute atomic E-state index is 0.619. The fraction of sp³-hybridized carbons (Fsp3) is 0.0833. The summed E-state index contributed by atoms with van der Waals surface area (Å²) in [7, 11) is 0. The Balaban J connectivity index is 2.22. The summed E-state index contributed by atoms with van der Waals surface area (Å²) in [4.78, 5) is 0. The third kappa shape index (κ3) is 2.26. The predicted octanol–water partition coefficient (Wildman–Crippen LogP) is 1.19. The van der Waals surface area contributed by atoms with Gasteiger partial charge in [0.2, 0.25) is 0 Å². The molecule has 1 aromatic heterocycles. The highest BCUT2D eigenvalue weighted by molar-refractivity contribution is 5.59. The third-order valence-corrected chi connectivity index (χ3v) is 2.29. The first-order valence-corrected chi connectivity index (χ1v) is 4.83. The highest BCUT2D eigenvalue weighted by Gasteiger charge is 2.04. The molecule has 0 saturated carbocycles. The number of hydrogen-bond acceptors (Lipinski definition) is 2. The van der Waals surface area contributed by atoms with Crippen LogP contribution in [0.4, 0.5) is 11.4 Å². The molecule has 0 spiro atoms. The van der Waals surface area contributed by atoms with Crippen LogP contribution < -0.4 is 16.0 Å². The first kappa shape index (κ1) is 9.52. The van der Waals surface area contributed by atoms with Gasteiger partial charge in [-0.05, 0) is 0 Å². The Kier molecular flexibility index (Phi) is 2.54. The largest absolute Gasteiger partial charge is 0.397 e. The lowest BCUT2D eigenvalue weighted by Crippen LogP contribution is -2.33. The van der Waals surface area contributed by atoms with Crippen LogP contribution in [0.25, 0.3) is 0 Å². The molecule has 0 fully saturated rings. The fourth-order valence-electron chi connectivity index (χ4n) is 1.46. The van der Waals surface area contributed by atoms with Crippen molar-refractivity contribution in [1.82, 2.24) is 0 Å². The number of anilines is 2. The molecule has 1 aromatic carbocycles. The molecule has 0 bridgehead atoms. The van der Waals surface area contributed by atoms with Gasteiger partial charge in [-0.25, -0.2) is 0 Å². The minimum atomic E-state index is 0.619. The van der Waals surface area contributed by atoms with Gasteiger partial charge in [-0.2, -0.15) is 4.57 Å². The molecule has 0 amide bonds. The Bertz CT molecular complexity index is 452. The Morgan fingerprint density at radius 3 is 2.33 bits per heavy atom. The molecule has 1 heterocycles. The molecule has 0 aliphatic heterocycles. The molecule has 0 aliphatic rings. The van der Waals surface area contributed by atoms with Crippen molar-refractivity contribution < 1.29 is 4.57 Å². The van der Waals surface area contributed by atoms with Crippen molar-refractivity contribution in [2.24, 2.45) is 0 Å². The average Bonchev–Trinajstić information content (AvgIpc) is 2.25. The zero-order chi connectivity index (χ0) is 10.7. The van der Waals surface area contributed by atoms with E-state index in [4.69, 9.17) is 11.5 Å². The second kappa shape index (κ2) is 4.00. The molecular weight excluding hydrogens is 186 g/mol. The van der Waals surface area contributed by atoms with Crippen molar-refractivity contribution in [2.75, 3.05) is 11.5 Å². The van der Waals surface area contributed by atoms with Crippen LogP contribution in [-0.4, -0.2) is 0 Å². The van der Waals surface area contributed by atoms with E-state index in [1.54, 1.807) is 0 Å². The number of rotatable bonds is 2. The van der Waals surface area contributed by atoms with E-state index in [0.717, 1.165) is 6.54 Å². The van der Waals surface area contributed by atoms with E-state index in [0.29, 0.717) is 11.4 Å². The van der Waals surface area contributed by atoms with Crippen LogP contribution in [0.1, 0.15) is 5.56 Å². The predicted molar refractivity (Wildman–Crippen MR) is 61.0 cm³/mol. The van der Waals surface area contributed by atoms with Crippen molar-refractivity contribution in [3.63, 3.8) is 0 Å². The number of nitrogens with zero attached hydrogens (tertiary/aromatic N) is 1. The van der Waals surface area contributed by atoms with Gasteiger partial charge in [-0.1, -0.05) is 30.3 Å². The molecule has 15 heavy (non-hydrogen) atoms. The Hall–Kier alpha value is -2.03. The molecule has 3 nitrogen and oxygen atoms in total. The summed E-state index contributed by atoms with van der Waals surface area (Å²) in [5.41, 5.74) is 13.9. The maximum atomic E-state index is 5.73. The lowest BCUT2D eigenvalue weighted by Gasteiger charge is -2.00. The smallest absolute Gasteiger partial charge is 0.194 e. The van der Waals surface area contributed by atoms with E-state index < -0.39 is 0 Å². The summed E-state index contributed by atoms with van der Waals surface area (Å²) >= 11 is 0. The number of nitrogen functional groups attached to an aromatic ring is 2. The summed E-state index contributed by atoms with van der Waals surface area (Å²) < 4.78 is 2.01. The molecule has 0 unspecified atom stereocenters. The molecule has 4 N–H and O–H groups in total. The van der Waals surface area contributed by atoms with Crippen LogP contribution in [-0.2, 0) is 6.54 Å². The van der Waals surface area contributed by atoms with Gasteiger partial charge in [0.25, 0.3) is 0 Å². The van der Waals surface area contributed by atoms with Gasteiger partial charge in [-0.15, -0.1) is 0 Å². The first-order chi connectivity index (χ1) is 7.25. The molecule has 0 saturated heterocycles. The lowest BCUT2D eigenvalue weighted by atomic mass is 10.2. The summed E-state index contributed by atoms with van der Waals surface area (Å²) in [5.74, 6) is 0. The van der Waals surface area contributed by atoms with Crippen molar-refractivity contribution in [3.8, 4) is 0 Å². The molecule has 0 aliphatic carbocycles. The van der Waals surface area contributed by atoms with Gasteiger partial charge in [0.05, 0.1) is 5.69 Å². The topological polar surface area (TPSA) is 55.9 Å². The highest BCUT2D eigenvalue weighted by atomic mass is 14.9. The normalized spacial score (nSPS) is 10.1. The summed E-state index contributed by atoms with van der Waals surface area (Å²) in [6.07, 6.45) is 3.78. The van der Waals surface area contributed by atoms with Gasteiger partial charge < -0.3 is 11.5 Å². The zero-order valence-corrected chi connectivity index (χ0v) is 8.43. The van der Waals surface area contributed by atoms with Crippen LogP contribution >= 0.6 is 0 Å². The van der Waals surface area contributed by atoms with Gasteiger partial charge in [-0.3, -0.25) is 0 Å². The summed E-state index contributed by atoms with van der Waals surface area (Å²) in [5, 5.41) is 0. The highest BCUT2D eigenvalue weighted by Crippen LogP contribution is 2.09. The summed E-state index contributed by atoms with van der Waals surface area (Å²) in [6.45, 7) is 0.811. The number of aromatic nitrogens is 1. The van der Waals surface area contributed by atoms with Crippen LogP contribution in [0, 0.1) is 0 Å². The quantitative estimate of drug-likeness (QED) is 0.715. The van der Waals surface area contributed by atoms with E-state index in [1.807, 2.05) is 41.2 Å². The van der Waals surface area contributed by atoms with Crippen molar-refractivity contribution in [2.45, 2.75) is 6.54 Å². The van der Waals surface area contributed by atoms with E-state index >= 15 is 0 Å². The van der Waals surface area contributed by atoms with Gasteiger partial charge in [0, 0.05) is 11.6 Å². The van der Waals surface area contributed by atoms with Gasteiger partial charge >= 0.3 is 0 Å². The van der Waals surface area contributed by atoms with Gasteiger partial charge in [0.15, 0.2) is 18.9 Å². The second-order valence-corrected chi connectivity index (χ2v) is 3.51. The maximum absolute atomic E-state index is 5.73. The van der Waals surface area contributed by atoms with E-state index in [2.05, 4.69) is 12.1 Å². The first-order valence-electron chi connectivity index (χ1n) is 4.83. The standard InChI is InChI=1S/C12H13N3/c13-11-6-7-15(9-12(11)14)8-10-4-2-1-3-5-10/h1-7,9,13H,8,14H2/p+1. The number of benzene rings is 1.